The average Bonchev–Trinajstić information content (AvgIpc) is 2.33. The fraction of sp³-hybridized carbons (Fsp3) is 0.562. The third-order valence-electron chi connectivity index (χ3n) is 3.77. The van der Waals surface area contributed by atoms with Gasteiger partial charge in [-0.2, -0.15) is 0 Å². The van der Waals surface area contributed by atoms with Gasteiger partial charge in [0.1, 0.15) is 5.78 Å². The number of halogens is 1. The highest BCUT2D eigenvalue weighted by Crippen LogP contribution is 2.26. The summed E-state index contributed by atoms with van der Waals surface area (Å²) in [6.45, 7) is 9.25. The van der Waals surface area contributed by atoms with Gasteiger partial charge in [0.2, 0.25) is 0 Å². The highest BCUT2D eigenvalue weighted by Gasteiger charge is 2.30. The number of likely N-dealkylation sites (tertiary alicyclic amines) is 1. The van der Waals surface area contributed by atoms with Crippen molar-refractivity contribution in [1.29, 1.82) is 0 Å². The van der Waals surface area contributed by atoms with Gasteiger partial charge in [-0.25, -0.2) is 0 Å². The number of nitrogens with zero attached hydrogens (tertiary/aromatic N) is 1. The monoisotopic (exact) mass is 279 g/mol. The van der Waals surface area contributed by atoms with Gasteiger partial charge in [-0.05, 0) is 23.6 Å². The maximum absolute atomic E-state index is 12.4. The van der Waals surface area contributed by atoms with Crippen LogP contribution in [-0.2, 0) is 4.79 Å². The molecule has 2 rings (SSSR count). The summed E-state index contributed by atoms with van der Waals surface area (Å²) < 4.78 is 0. The van der Waals surface area contributed by atoms with Gasteiger partial charge < -0.3 is 4.90 Å². The fourth-order valence-corrected chi connectivity index (χ4v) is 2.82. The lowest BCUT2D eigenvalue weighted by Crippen LogP contribution is -2.48. The van der Waals surface area contributed by atoms with Crippen LogP contribution in [0.4, 0.5) is 0 Å². The zero-order chi connectivity index (χ0) is 14.0. The molecule has 0 amide bonds. The van der Waals surface area contributed by atoms with Crippen LogP contribution in [0.15, 0.2) is 24.3 Å². The molecule has 2 nitrogen and oxygen atoms in total. The largest absolute Gasteiger partial charge is 0.302 e. The third-order valence-corrected chi connectivity index (χ3v) is 4.02. The number of carbonyl (C=O) groups is 1. The van der Waals surface area contributed by atoms with Gasteiger partial charge in [0.25, 0.3) is 0 Å². The van der Waals surface area contributed by atoms with Gasteiger partial charge in [-0.3, -0.25) is 4.79 Å². The van der Waals surface area contributed by atoms with Crippen LogP contribution in [0.5, 0.6) is 0 Å². The predicted octanol–water partition coefficient (Wildman–Crippen LogP) is 3.60. The van der Waals surface area contributed by atoms with Crippen molar-refractivity contribution in [2.24, 2.45) is 11.8 Å². The van der Waals surface area contributed by atoms with Gasteiger partial charge in [0, 0.05) is 30.6 Å². The van der Waals surface area contributed by atoms with E-state index in [2.05, 4.69) is 11.8 Å². The standard InChI is InChI=1S/C16H22ClNO/c1-11(2)16(19)15(10-18-8-12(3)9-18)13-4-6-14(17)7-5-13/h4-7,11-12,15H,8-10H2,1-3H3. The van der Waals surface area contributed by atoms with Crippen LogP contribution < -0.4 is 0 Å². The predicted molar refractivity (Wildman–Crippen MR) is 79.6 cm³/mol. The zero-order valence-corrected chi connectivity index (χ0v) is 12.7. The van der Waals surface area contributed by atoms with E-state index in [4.69, 9.17) is 11.6 Å². The smallest absolute Gasteiger partial charge is 0.144 e. The van der Waals surface area contributed by atoms with Crippen LogP contribution in [0.3, 0.4) is 0 Å². The number of hydrogen-bond donors (Lipinski definition) is 0. The Bertz CT molecular complexity index is 435. The van der Waals surface area contributed by atoms with E-state index in [1.54, 1.807) is 0 Å². The molecular formula is C16H22ClNO. The highest BCUT2D eigenvalue weighted by atomic mass is 35.5. The van der Waals surface area contributed by atoms with Crippen molar-refractivity contribution in [2.75, 3.05) is 19.6 Å². The van der Waals surface area contributed by atoms with Crippen molar-refractivity contribution in [1.82, 2.24) is 4.90 Å². The van der Waals surface area contributed by atoms with E-state index in [-0.39, 0.29) is 11.8 Å². The Balaban J connectivity index is 2.13. The van der Waals surface area contributed by atoms with Crippen LogP contribution in [0.1, 0.15) is 32.3 Å². The number of rotatable bonds is 5. The summed E-state index contributed by atoms with van der Waals surface area (Å²) in [5, 5.41) is 0.720. The first-order chi connectivity index (χ1) is 8.97. The first-order valence-corrected chi connectivity index (χ1v) is 7.36. The Morgan fingerprint density at radius 2 is 1.89 bits per heavy atom. The minimum Gasteiger partial charge on any atom is -0.302 e. The summed E-state index contributed by atoms with van der Waals surface area (Å²) in [4.78, 5) is 14.8. The molecule has 1 fully saturated rings. The molecule has 0 N–H and O–H groups in total. The van der Waals surface area contributed by atoms with Gasteiger partial charge >= 0.3 is 0 Å². The number of hydrogen-bond acceptors (Lipinski definition) is 2. The van der Waals surface area contributed by atoms with E-state index in [0.29, 0.717) is 5.78 Å². The molecule has 0 radical (unpaired) electrons. The molecule has 1 aromatic rings. The molecule has 0 spiro atoms. The summed E-state index contributed by atoms with van der Waals surface area (Å²) in [5.41, 5.74) is 1.09. The quantitative estimate of drug-likeness (QED) is 0.821. The lowest BCUT2D eigenvalue weighted by molar-refractivity contribution is -0.124. The molecule has 19 heavy (non-hydrogen) atoms. The molecule has 3 heteroatoms. The molecule has 0 bridgehead atoms. The lowest BCUT2D eigenvalue weighted by atomic mass is 9.87. The van der Waals surface area contributed by atoms with E-state index in [9.17, 15) is 4.79 Å². The van der Waals surface area contributed by atoms with E-state index >= 15 is 0 Å². The van der Waals surface area contributed by atoms with Gasteiger partial charge in [0.05, 0.1) is 5.92 Å². The Kier molecular flexibility index (Phi) is 4.64. The fourth-order valence-electron chi connectivity index (χ4n) is 2.69. The highest BCUT2D eigenvalue weighted by molar-refractivity contribution is 6.30. The number of Topliss-reactive ketones (excluding diaryl/α,β-unsaturated/α-hetero) is 1. The molecule has 1 aromatic carbocycles. The minimum absolute atomic E-state index is 0.0234. The SMILES string of the molecule is CC1CN(CC(C(=O)C(C)C)c2ccc(Cl)cc2)C1. The van der Waals surface area contributed by atoms with Crippen LogP contribution in [0, 0.1) is 11.8 Å². The van der Waals surface area contributed by atoms with Crippen molar-refractivity contribution in [3.63, 3.8) is 0 Å². The topological polar surface area (TPSA) is 20.3 Å². The summed E-state index contributed by atoms with van der Waals surface area (Å²) in [5.74, 6) is 1.13. The summed E-state index contributed by atoms with van der Waals surface area (Å²) in [7, 11) is 0. The first kappa shape index (κ1) is 14.5. The van der Waals surface area contributed by atoms with E-state index in [0.717, 1.165) is 36.1 Å². The van der Waals surface area contributed by atoms with Crippen LogP contribution >= 0.6 is 11.6 Å². The van der Waals surface area contributed by atoms with Crippen molar-refractivity contribution < 1.29 is 4.79 Å². The molecule has 104 valence electrons. The Morgan fingerprint density at radius 1 is 1.32 bits per heavy atom. The Morgan fingerprint density at radius 3 is 2.37 bits per heavy atom. The van der Waals surface area contributed by atoms with Crippen molar-refractivity contribution in [2.45, 2.75) is 26.7 Å². The van der Waals surface area contributed by atoms with Crippen LogP contribution in [-0.4, -0.2) is 30.3 Å². The van der Waals surface area contributed by atoms with Gasteiger partial charge in [-0.1, -0.05) is 44.5 Å². The maximum Gasteiger partial charge on any atom is 0.144 e. The molecule has 1 heterocycles. The molecule has 0 saturated carbocycles. The summed E-state index contributed by atoms with van der Waals surface area (Å²) in [6.07, 6.45) is 0. The summed E-state index contributed by atoms with van der Waals surface area (Å²) in [6, 6.07) is 7.71. The average molecular weight is 280 g/mol. The second-order valence-corrected chi connectivity index (χ2v) is 6.42. The number of benzene rings is 1. The van der Waals surface area contributed by atoms with E-state index in [1.807, 2.05) is 38.1 Å². The normalized spacial score (nSPS) is 18.4. The van der Waals surface area contributed by atoms with Crippen molar-refractivity contribution >= 4 is 17.4 Å². The van der Waals surface area contributed by atoms with E-state index in [1.165, 1.54) is 0 Å². The zero-order valence-electron chi connectivity index (χ0n) is 11.9. The lowest BCUT2D eigenvalue weighted by Gasteiger charge is -2.39. The third kappa shape index (κ3) is 3.58. The molecule has 1 unspecified atom stereocenters. The molecule has 1 aliphatic heterocycles. The Labute approximate surface area is 120 Å². The molecule has 1 atom stereocenters. The number of ketones is 1. The molecule has 1 aliphatic rings. The number of carbonyl (C=O) groups excluding carboxylic acids is 1. The first-order valence-electron chi connectivity index (χ1n) is 6.99. The van der Waals surface area contributed by atoms with Crippen LogP contribution in [0.25, 0.3) is 0 Å². The second kappa shape index (κ2) is 6.06. The molecular weight excluding hydrogens is 258 g/mol. The maximum atomic E-state index is 12.4. The van der Waals surface area contributed by atoms with Crippen molar-refractivity contribution in [3.05, 3.63) is 34.9 Å². The molecule has 1 saturated heterocycles. The van der Waals surface area contributed by atoms with Gasteiger partial charge in [0.15, 0.2) is 0 Å². The molecule has 0 aliphatic carbocycles. The molecule has 0 aromatic heterocycles. The second-order valence-electron chi connectivity index (χ2n) is 5.98. The Hall–Kier alpha value is -0.860. The summed E-state index contributed by atoms with van der Waals surface area (Å²) >= 11 is 5.93. The van der Waals surface area contributed by atoms with Gasteiger partial charge in [-0.15, -0.1) is 0 Å². The van der Waals surface area contributed by atoms with E-state index < -0.39 is 0 Å². The van der Waals surface area contributed by atoms with Crippen LogP contribution in [0.2, 0.25) is 5.02 Å². The minimum atomic E-state index is -0.0234. The van der Waals surface area contributed by atoms with Crippen molar-refractivity contribution in [3.8, 4) is 0 Å².